The third kappa shape index (κ3) is 4.51. The van der Waals surface area contributed by atoms with Crippen molar-refractivity contribution in [2.24, 2.45) is 5.73 Å². The van der Waals surface area contributed by atoms with E-state index < -0.39 is 5.92 Å². The van der Waals surface area contributed by atoms with Gasteiger partial charge in [-0.25, -0.2) is 0 Å². The molecule has 2 aliphatic heterocycles. The second-order valence-electron chi connectivity index (χ2n) is 8.85. The predicted octanol–water partition coefficient (Wildman–Crippen LogP) is 2.56. The van der Waals surface area contributed by atoms with Gasteiger partial charge in [0.15, 0.2) is 0 Å². The molecule has 30 heavy (non-hydrogen) atoms. The second-order valence-corrected chi connectivity index (χ2v) is 8.85. The fraction of sp³-hybridized carbons (Fsp3) is 0.609. The first-order valence-electron chi connectivity index (χ1n) is 11.3. The summed E-state index contributed by atoms with van der Waals surface area (Å²) in [6, 6.07) is 4.69. The van der Waals surface area contributed by atoms with Crippen LogP contribution in [0.25, 0.3) is 10.9 Å². The largest absolute Gasteiger partial charge is 0.369 e. The number of likely N-dealkylation sites (tertiary alicyclic amines) is 2. The molecular formula is C23H33N5O2. The standard InChI is InChI=1S/C23H33N5O2/c1-16(23(24)30)20-14-17(13-18-15-25-26-22(18)20)5-6-21(29)28-11-7-19(8-12-28)27-9-3-2-4-10-27/h13-16,19H,2-12H2,1H3,(H2,24,30)(H,25,26). The number of aromatic amines is 1. The number of carbonyl (C=O) groups is 2. The fourth-order valence-corrected chi connectivity index (χ4v) is 4.96. The first-order valence-corrected chi connectivity index (χ1v) is 11.3. The molecule has 1 unspecified atom stereocenters. The molecule has 7 nitrogen and oxygen atoms in total. The van der Waals surface area contributed by atoms with Gasteiger partial charge in [0.25, 0.3) is 0 Å². The van der Waals surface area contributed by atoms with Crippen molar-refractivity contribution in [1.29, 1.82) is 0 Å². The summed E-state index contributed by atoms with van der Waals surface area (Å²) in [6.45, 7) is 5.98. The average Bonchev–Trinajstić information content (AvgIpc) is 3.25. The van der Waals surface area contributed by atoms with E-state index in [0.717, 1.165) is 48.0 Å². The highest BCUT2D eigenvalue weighted by Gasteiger charge is 2.27. The highest BCUT2D eigenvalue weighted by Crippen LogP contribution is 2.27. The molecule has 162 valence electrons. The lowest BCUT2D eigenvalue weighted by molar-refractivity contribution is -0.132. The van der Waals surface area contributed by atoms with Gasteiger partial charge < -0.3 is 15.5 Å². The smallest absolute Gasteiger partial charge is 0.224 e. The Kier molecular flexibility index (Phi) is 6.37. The molecule has 2 aromatic rings. The van der Waals surface area contributed by atoms with Gasteiger partial charge in [0, 0.05) is 30.9 Å². The summed E-state index contributed by atoms with van der Waals surface area (Å²) in [5, 5.41) is 8.01. The Morgan fingerprint density at radius 1 is 1.17 bits per heavy atom. The van der Waals surface area contributed by atoms with Crippen molar-refractivity contribution < 1.29 is 9.59 Å². The third-order valence-electron chi connectivity index (χ3n) is 6.88. The first-order chi connectivity index (χ1) is 14.5. The maximum atomic E-state index is 12.8. The summed E-state index contributed by atoms with van der Waals surface area (Å²) >= 11 is 0. The lowest BCUT2D eigenvalue weighted by Gasteiger charge is -2.40. The van der Waals surface area contributed by atoms with Gasteiger partial charge in [-0.2, -0.15) is 5.10 Å². The van der Waals surface area contributed by atoms with E-state index in [0.29, 0.717) is 18.9 Å². The zero-order valence-corrected chi connectivity index (χ0v) is 17.9. The topological polar surface area (TPSA) is 95.3 Å². The molecule has 0 saturated carbocycles. The molecule has 0 aliphatic carbocycles. The lowest BCUT2D eigenvalue weighted by Crippen LogP contribution is -2.48. The molecule has 1 aromatic heterocycles. The first kappa shape index (κ1) is 20.8. The summed E-state index contributed by atoms with van der Waals surface area (Å²) in [5.41, 5.74) is 8.26. The molecule has 2 fully saturated rings. The van der Waals surface area contributed by atoms with Gasteiger partial charge in [-0.05, 0) is 69.3 Å². The minimum atomic E-state index is -0.405. The van der Waals surface area contributed by atoms with Crippen molar-refractivity contribution in [1.82, 2.24) is 20.0 Å². The monoisotopic (exact) mass is 411 g/mol. The highest BCUT2D eigenvalue weighted by atomic mass is 16.2. The number of benzene rings is 1. The van der Waals surface area contributed by atoms with Crippen LogP contribution in [0, 0.1) is 0 Å². The van der Waals surface area contributed by atoms with Crippen LogP contribution in [0.15, 0.2) is 18.3 Å². The van der Waals surface area contributed by atoms with Crippen LogP contribution in [-0.2, 0) is 16.0 Å². The molecule has 0 spiro atoms. The van der Waals surface area contributed by atoms with Crippen LogP contribution in [0.2, 0.25) is 0 Å². The van der Waals surface area contributed by atoms with Crippen molar-refractivity contribution in [3.05, 3.63) is 29.5 Å². The molecular weight excluding hydrogens is 378 g/mol. The van der Waals surface area contributed by atoms with E-state index in [2.05, 4.69) is 15.1 Å². The molecule has 2 aliphatic rings. The number of hydrogen-bond acceptors (Lipinski definition) is 4. The fourth-order valence-electron chi connectivity index (χ4n) is 4.96. The number of hydrogen-bond donors (Lipinski definition) is 2. The van der Waals surface area contributed by atoms with Crippen molar-refractivity contribution in [3.8, 4) is 0 Å². The molecule has 7 heteroatoms. The third-order valence-corrected chi connectivity index (χ3v) is 6.88. The molecule has 3 heterocycles. The molecule has 1 atom stereocenters. The van der Waals surface area contributed by atoms with Crippen molar-refractivity contribution in [3.63, 3.8) is 0 Å². The number of H-pyrrole nitrogens is 1. The summed E-state index contributed by atoms with van der Waals surface area (Å²) in [5.74, 6) is -0.544. The Morgan fingerprint density at radius 2 is 1.90 bits per heavy atom. The van der Waals surface area contributed by atoms with Crippen LogP contribution >= 0.6 is 0 Å². The number of piperidine rings is 2. The Morgan fingerprint density at radius 3 is 2.60 bits per heavy atom. The molecule has 0 bridgehead atoms. The quantitative estimate of drug-likeness (QED) is 0.764. The van der Waals surface area contributed by atoms with E-state index in [1.54, 1.807) is 13.1 Å². The van der Waals surface area contributed by atoms with Gasteiger partial charge >= 0.3 is 0 Å². The van der Waals surface area contributed by atoms with Crippen LogP contribution in [-0.4, -0.2) is 64.0 Å². The molecule has 1 aromatic carbocycles. The number of carbonyl (C=O) groups excluding carboxylic acids is 2. The zero-order chi connectivity index (χ0) is 21.1. The van der Waals surface area contributed by atoms with Gasteiger partial charge in [-0.1, -0.05) is 12.5 Å². The molecule has 4 rings (SSSR count). The molecule has 0 radical (unpaired) electrons. The van der Waals surface area contributed by atoms with Crippen LogP contribution in [0.4, 0.5) is 0 Å². The molecule has 2 saturated heterocycles. The van der Waals surface area contributed by atoms with Crippen molar-refractivity contribution >= 4 is 22.7 Å². The van der Waals surface area contributed by atoms with E-state index >= 15 is 0 Å². The van der Waals surface area contributed by atoms with Crippen LogP contribution in [0.3, 0.4) is 0 Å². The minimum absolute atomic E-state index is 0.226. The van der Waals surface area contributed by atoms with Crippen molar-refractivity contribution in [2.45, 2.75) is 63.8 Å². The minimum Gasteiger partial charge on any atom is -0.369 e. The Hall–Kier alpha value is -2.41. The summed E-state index contributed by atoms with van der Waals surface area (Å²) in [7, 11) is 0. The van der Waals surface area contributed by atoms with E-state index in [9.17, 15) is 9.59 Å². The lowest BCUT2D eigenvalue weighted by atomic mass is 9.94. The van der Waals surface area contributed by atoms with E-state index in [-0.39, 0.29) is 11.8 Å². The molecule has 3 N–H and O–H groups in total. The summed E-state index contributed by atoms with van der Waals surface area (Å²) < 4.78 is 0. The van der Waals surface area contributed by atoms with Gasteiger partial charge in [-0.3, -0.25) is 14.7 Å². The van der Waals surface area contributed by atoms with E-state index in [1.165, 1.54) is 32.4 Å². The number of nitrogens with two attached hydrogens (primary N) is 1. The maximum absolute atomic E-state index is 12.8. The Labute approximate surface area is 178 Å². The van der Waals surface area contributed by atoms with Crippen LogP contribution in [0.1, 0.15) is 62.5 Å². The van der Waals surface area contributed by atoms with E-state index in [1.807, 2.05) is 17.0 Å². The normalized spacial score (nSPS) is 19.8. The number of amides is 2. The Balaban J connectivity index is 1.35. The van der Waals surface area contributed by atoms with Gasteiger partial charge in [0.2, 0.25) is 11.8 Å². The summed E-state index contributed by atoms with van der Waals surface area (Å²) in [6.07, 6.45) is 9.07. The number of primary amides is 1. The van der Waals surface area contributed by atoms with E-state index in [4.69, 9.17) is 5.73 Å². The number of nitrogens with zero attached hydrogens (tertiary/aromatic N) is 3. The van der Waals surface area contributed by atoms with Gasteiger partial charge in [0.1, 0.15) is 0 Å². The second kappa shape index (κ2) is 9.16. The molecule has 2 amide bonds. The SMILES string of the molecule is CC(C(N)=O)c1cc(CCC(=O)N2CCC(N3CCCCC3)CC2)cc2cn[nH]c12. The maximum Gasteiger partial charge on any atom is 0.224 e. The number of nitrogens with one attached hydrogen (secondary N) is 1. The highest BCUT2D eigenvalue weighted by molar-refractivity contribution is 5.90. The average molecular weight is 412 g/mol. The Bertz CT molecular complexity index is 894. The number of aryl methyl sites for hydroxylation is 1. The number of fused-ring (bicyclic) bond motifs is 1. The number of aromatic nitrogens is 2. The van der Waals surface area contributed by atoms with Crippen LogP contribution in [0.5, 0.6) is 0 Å². The predicted molar refractivity (Wildman–Crippen MR) is 117 cm³/mol. The van der Waals surface area contributed by atoms with Gasteiger partial charge in [0.05, 0.1) is 17.6 Å². The summed E-state index contributed by atoms with van der Waals surface area (Å²) in [4.78, 5) is 29.2. The van der Waals surface area contributed by atoms with Gasteiger partial charge in [-0.15, -0.1) is 0 Å². The number of rotatable bonds is 6. The zero-order valence-electron chi connectivity index (χ0n) is 17.9. The van der Waals surface area contributed by atoms with Crippen molar-refractivity contribution in [2.75, 3.05) is 26.2 Å². The van der Waals surface area contributed by atoms with Crippen LogP contribution < -0.4 is 5.73 Å².